The van der Waals surface area contributed by atoms with Crippen molar-refractivity contribution in [1.82, 2.24) is 0 Å². The Kier molecular flexibility index (Phi) is 8.74. The lowest BCUT2D eigenvalue weighted by atomic mass is 9.95. The number of hydrogen-bond acceptors (Lipinski definition) is 10. The van der Waals surface area contributed by atoms with Crippen LogP contribution in [0.4, 0.5) is 34.1 Å². The third-order valence-electron chi connectivity index (χ3n) is 8.44. The molecule has 0 saturated carbocycles. The van der Waals surface area contributed by atoms with Crippen LogP contribution in [0.5, 0.6) is 0 Å². The van der Waals surface area contributed by atoms with Gasteiger partial charge < -0.3 is 11.5 Å². The Hall–Kier alpha value is -5.54. The predicted molar refractivity (Wildman–Crippen MR) is 196 cm³/mol. The summed E-state index contributed by atoms with van der Waals surface area (Å²) in [4.78, 5) is -0.616. The van der Waals surface area contributed by atoms with Crippen LogP contribution in [0, 0.1) is 27.7 Å². The average Bonchev–Trinajstić information content (AvgIpc) is 3.04. The van der Waals surface area contributed by atoms with Crippen molar-refractivity contribution < 1.29 is 25.9 Å². The van der Waals surface area contributed by atoms with E-state index in [4.69, 9.17) is 11.5 Å². The highest BCUT2D eigenvalue weighted by Crippen LogP contribution is 2.40. The van der Waals surface area contributed by atoms with Crippen molar-refractivity contribution in [3.05, 3.63) is 107 Å². The van der Waals surface area contributed by atoms with Crippen molar-refractivity contribution in [3.8, 4) is 11.1 Å². The second-order valence-electron chi connectivity index (χ2n) is 12.0. The van der Waals surface area contributed by atoms with E-state index in [1.165, 1.54) is 12.1 Å². The zero-order valence-electron chi connectivity index (χ0n) is 27.4. The number of nitrogen functional groups attached to an aromatic ring is 2. The summed E-state index contributed by atoms with van der Waals surface area (Å²) in [6.45, 7) is 7.54. The van der Waals surface area contributed by atoms with Crippen LogP contribution in [-0.4, -0.2) is 25.9 Å². The number of fused-ring (bicyclic) bond motifs is 2. The first-order valence-corrected chi connectivity index (χ1v) is 18.1. The van der Waals surface area contributed by atoms with Crippen molar-refractivity contribution in [1.29, 1.82) is 0 Å². The Morgan fingerprint density at radius 2 is 0.780 bits per heavy atom. The van der Waals surface area contributed by atoms with E-state index in [1.807, 2.05) is 52.0 Å². The maximum atomic E-state index is 12.1. The van der Waals surface area contributed by atoms with E-state index in [1.54, 1.807) is 48.5 Å². The van der Waals surface area contributed by atoms with E-state index in [0.29, 0.717) is 22.1 Å². The summed E-state index contributed by atoms with van der Waals surface area (Å²) < 4.78 is 68.2. The molecule has 0 aromatic heterocycles. The van der Waals surface area contributed by atoms with E-state index in [0.717, 1.165) is 33.4 Å². The van der Waals surface area contributed by atoms with Gasteiger partial charge in [-0.1, -0.05) is 48.5 Å². The van der Waals surface area contributed by atoms with Crippen LogP contribution in [0.1, 0.15) is 22.3 Å². The van der Waals surface area contributed by atoms with Gasteiger partial charge >= 0.3 is 0 Å². The molecule has 0 aliphatic carbocycles. The van der Waals surface area contributed by atoms with E-state index in [2.05, 4.69) is 20.5 Å². The Morgan fingerprint density at radius 3 is 1.08 bits per heavy atom. The smallest absolute Gasteiger partial charge is 0.295 e. The number of benzene rings is 6. The van der Waals surface area contributed by atoms with Crippen LogP contribution in [0.3, 0.4) is 0 Å². The maximum Gasteiger partial charge on any atom is 0.295 e. The molecule has 6 aromatic rings. The van der Waals surface area contributed by atoms with Crippen molar-refractivity contribution in [2.24, 2.45) is 20.5 Å². The highest BCUT2D eigenvalue weighted by Gasteiger charge is 2.20. The average molecular weight is 709 g/mol. The molecular weight excluding hydrogens is 677 g/mol. The highest BCUT2D eigenvalue weighted by atomic mass is 32.2. The SMILES string of the molecule is Cc1cc(-c2cc(C)c(N=Nc3cc(S(=O)(=O)O)c4ccccc4c3N)c(C)c2)cc(C)c1N=Nc1cc(S(=O)(=O)O)c2ccccc2c1N. The van der Waals surface area contributed by atoms with Crippen LogP contribution in [-0.2, 0) is 20.2 Å². The summed E-state index contributed by atoms with van der Waals surface area (Å²) in [6, 6.07) is 23.4. The summed E-state index contributed by atoms with van der Waals surface area (Å²) in [5.74, 6) is 0. The van der Waals surface area contributed by atoms with Crippen LogP contribution < -0.4 is 11.5 Å². The van der Waals surface area contributed by atoms with Gasteiger partial charge in [0.1, 0.15) is 21.2 Å². The molecule has 0 radical (unpaired) electrons. The van der Waals surface area contributed by atoms with Crippen molar-refractivity contribution in [2.45, 2.75) is 37.5 Å². The van der Waals surface area contributed by atoms with Gasteiger partial charge in [0.2, 0.25) is 0 Å². The highest BCUT2D eigenvalue weighted by molar-refractivity contribution is 7.86. The van der Waals surface area contributed by atoms with Gasteiger partial charge in [0.15, 0.2) is 0 Å². The van der Waals surface area contributed by atoms with E-state index < -0.39 is 20.2 Å². The molecule has 12 nitrogen and oxygen atoms in total. The monoisotopic (exact) mass is 708 g/mol. The van der Waals surface area contributed by atoms with Gasteiger partial charge in [0.25, 0.3) is 20.2 Å². The van der Waals surface area contributed by atoms with Crippen molar-refractivity contribution in [3.63, 3.8) is 0 Å². The minimum Gasteiger partial charge on any atom is -0.396 e. The molecular formula is C36H32N6O6S2. The summed E-state index contributed by atoms with van der Waals surface area (Å²) in [5.41, 5.74) is 19.5. The second kappa shape index (κ2) is 12.7. The lowest BCUT2D eigenvalue weighted by Gasteiger charge is -2.13. The molecule has 0 fully saturated rings. The van der Waals surface area contributed by atoms with Crippen LogP contribution in [0.25, 0.3) is 32.7 Å². The topological polar surface area (TPSA) is 210 Å². The summed E-state index contributed by atoms with van der Waals surface area (Å²) in [5, 5.41) is 18.9. The molecule has 0 saturated heterocycles. The Bertz CT molecular complexity index is 2440. The molecule has 0 amide bonds. The molecule has 6 rings (SSSR count). The minimum absolute atomic E-state index is 0.106. The molecule has 254 valence electrons. The summed E-state index contributed by atoms with van der Waals surface area (Å²) >= 11 is 0. The van der Waals surface area contributed by atoms with Gasteiger partial charge in [0, 0.05) is 21.5 Å². The predicted octanol–water partition coefficient (Wildman–Crippen LogP) is 9.38. The molecule has 6 aromatic carbocycles. The normalized spacial score (nSPS) is 12.5. The number of aryl methyl sites for hydroxylation is 4. The van der Waals surface area contributed by atoms with E-state index >= 15 is 0 Å². The lowest BCUT2D eigenvalue weighted by molar-refractivity contribution is 0.482. The zero-order chi connectivity index (χ0) is 36.1. The third kappa shape index (κ3) is 6.44. The van der Waals surface area contributed by atoms with Crippen molar-refractivity contribution in [2.75, 3.05) is 11.5 Å². The number of azo groups is 2. The lowest BCUT2D eigenvalue weighted by Crippen LogP contribution is -2.01. The van der Waals surface area contributed by atoms with Gasteiger partial charge in [-0.3, -0.25) is 9.11 Å². The number of anilines is 2. The number of nitrogens with two attached hydrogens (primary N) is 2. The standard InChI is InChI=1S/C36H32N6O6S2/c1-19-13-23(14-20(2)35(19)41-39-29-17-31(49(43,44)45)25-9-5-7-11-27(25)33(29)37)24-15-21(3)36(22(4)16-24)42-40-30-18-32(50(46,47)48)26-10-6-8-12-28(26)34(30)38/h5-18H,37-38H2,1-4H3,(H,43,44,45)(H,46,47,48). The molecule has 50 heavy (non-hydrogen) atoms. The maximum absolute atomic E-state index is 12.1. The second-order valence-corrected chi connectivity index (χ2v) is 14.8. The third-order valence-corrected chi connectivity index (χ3v) is 10.2. The molecule has 0 atom stereocenters. The fourth-order valence-corrected chi connectivity index (χ4v) is 7.49. The van der Waals surface area contributed by atoms with Gasteiger partial charge in [-0.05, 0) is 97.5 Å². The summed E-state index contributed by atoms with van der Waals surface area (Å²) in [7, 11) is -9.11. The molecule has 6 N–H and O–H groups in total. The first-order chi connectivity index (χ1) is 23.5. The zero-order valence-corrected chi connectivity index (χ0v) is 29.0. The van der Waals surface area contributed by atoms with Crippen LogP contribution in [0.2, 0.25) is 0 Å². The molecule has 0 bridgehead atoms. The largest absolute Gasteiger partial charge is 0.396 e. The fourth-order valence-electron chi connectivity index (χ4n) is 6.06. The Morgan fingerprint density at radius 1 is 0.480 bits per heavy atom. The van der Waals surface area contributed by atoms with Crippen LogP contribution in [0.15, 0.2) is 115 Å². The first-order valence-electron chi connectivity index (χ1n) is 15.2. The van der Waals surface area contributed by atoms with Crippen LogP contribution >= 0.6 is 0 Å². The quantitative estimate of drug-likeness (QED) is 0.0711. The van der Waals surface area contributed by atoms with Gasteiger partial charge in [-0.2, -0.15) is 16.8 Å². The Balaban J connectivity index is 1.34. The summed E-state index contributed by atoms with van der Waals surface area (Å²) in [6.07, 6.45) is 0. The van der Waals surface area contributed by atoms with E-state index in [-0.39, 0.29) is 43.3 Å². The number of nitrogens with zero attached hydrogens (tertiary/aromatic N) is 4. The number of rotatable bonds is 7. The molecule has 0 spiro atoms. The van der Waals surface area contributed by atoms with Crippen molar-refractivity contribution >= 4 is 75.9 Å². The van der Waals surface area contributed by atoms with E-state index in [9.17, 15) is 25.9 Å². The molecule has 0 aliphatic heterocycles. The fraction of sp³-hybridized carbons (Fsp3) is 0.111. The molecule has 0 heterocycles. The number of hydrogen-bond donors (Lipinski definition) is 4. The molecule has 0 aliphatic rings. The molecule has 14 heteroatoms. The van der Waals surface area contributed by atoms with Gasteiger partial charge in [0.05, 0.1) is 22.7 Å². The molecule has 0 unspecified atom stereocenters. The first kappa shape index (κ1) is 34.3. The Labute approximate surface area is 288 Å². The minimum atomic E-state index is -4.56. The van der Waals surface area contributed by atoms with Gasteiger partial charge in [-0.25, -0.2) is 0 Å². The van der Waals surface area contributed by atoms with Gasteiger partial charge in [-0.15, -0.1) is 20.5 Å².